The Labute approximate surface area is 129 Å². The minimum atomic E-state index is -0.289. The van der Waals surface area contributed by atoms with Crippen molar-refractivity contribution in [3.63, 3.8) is 0 Å². The number of benzene rings is 1. The van der Waals surface area contributed by atoms with Crippen LogP contribution in [0.4, 0.5) is 10.5 Å². The van der Waals surface area contributed by atoms with Crippen LogP contribution in [-0.4, -0.2) is 49.4 Å². The fourth-order valence-corrected chi connectivity index (χ4v) is 4.55. The number of ether oxygens (including phenoxy) is 2. The second-order valence-corrected chi connectivity index (χ2v) is 6.96. The molecule has 0 N–H and O–H groups in total. The van der Waals surface area contributed by atoms with E-state index < -0.39 is 0 Å². The van der Waals surface area contributed by atoms with Gasteiger partial charge < -0.3 is 9.47 Å². The first kappa shape index (κ1) is 12.8. The van der Waals surface area contributed by atoms with Crippen molar-refractivity contribution in [2.45, 2.75) is 24.9 Å². The molecule has 0 radical (unpaired) electrons. The molecule has 5 heteroatoms. The summed E-state index contributed by atoms with van der Waals surface area (Å²) < 4.78 is 11.5. The lowest BCUT2D eigenvalue weighted by molar-refractivity contribution is -0.0881. The molecule has 22 heavy (non-hydrogen) atoms. The Bertz CT molecular complexity index is 639. The lowest BCUT2D eigenvalue weighted by Crippen LogP contribution is -2.61. The molecule has 2 bridgehead atoms. The van der Waals surface area contributed by atoms with Crippen LogP contribution in [0.15, 0.2) is 18.2 Å². The monoisotopic (exact) mass is 300 g/mol. The summed E-state index contributed by atoms with van der Waals surface area (Å²) in [5, 5.41) is 0. The number of anilines is 1. The second kappa shape index (κ2) is 4.38. The normalized spacial score (nSPS) is 35.6. The fourth-order valence-electron chi connectivity index (χ4n) is 4.55. The van der Waals surface area contributed by atoms with Crippen LogP contribution in [0.1, 0.15) is 18.4 Å². The summed E-state index contributed by atoms with van der Waals surface area (Å²) in [6.45, 7) is 4.63. The summed E-state index contributed by atoms with van der Waals surface area (Å²) in [5.74, 6) is 1.47. The molecule has 4 saturated heterocycles. The van der Waals surface area contributed by atoms with Crippen LogP contribution in [0.5, 0.6) is 5.75 Å². The average molecular weight is 300 g/mol. The van der Waals surface area contributed by atoms with Gasteiger partial charge in [0, 0.05) is 24.6 Å². The molecule has 1 spiro atoms. The topological polar surface area (TPSA) is 42.0 Å². The van der Waals surface area contributed by atoms with Gasteiger partial charge in [-0.1, -0.05) is 0 Å². The van der Waals surface area contributed by atoms with E-state index in [9.17, 15) is 4.79 Å². The maximum absolute atomic E-state index is 12.5. The number of amides is 1. The Balaban J connectivity index is 1.46. The van der Waals surface area contributed by atoms with Crippen molar-refractivity contribution in [3.8, 4) is 5.75 Å². The van der Waals surface area contributed by atoms with Crippen LogP contribution in [0, 0.1) is 5.92 Å². The molecule has 1 atom stereocenters. The molecule has 0 unspecified atom stereocenters. The Morgan fingerprint density at radius 1 is 1.18 bits per heavy atom. The van der Waals surface area contributed by atoms with Gasteiger partial charge in [0.1, 0.15) is 11.4 Å². The van der Waals surface area contributed by atoms with Crippen molar-refractivity contribution in [1.82, 2.24) is 4.90 Å². The highest BCUT2D eigenvalue weighted by Crippen LogP contribution is 2.43. The molecule has 5 aliphatic rings. The quantitative estimate of drug-likeness (QED) is 0.796. The first-order valence-electron chi connectivity index (χ1n) is 8.22. The maximum atomic E-state index is 12.5. The van der Waals surface area contributed by atoms with E-state index in [1.165, 1.54) is 5.56 Å². The van der Waals surface area contributed by atoms with Gasteiger partial charge in [0.15, 0.2) is 0 Å². The van der Waals surface area contributed by atoms with E-state index in [1.807, 2.05) is 17.0 Å². The summed E-state index contributed by atoms with van der Waals surface area (Å²) in [6.07, 6.45) is 3.04. The zero-order valence-electron chi connectivity index (χ0n) is 12.6. The summed E-state index contributed by atoms with van der Waals surface area (Å²) in [5.41, 5.74) is 1.85. The minimum absolute atomic E-state index is 0.187. The SMILES string of the molecule is O=C1O[C@]2(CN3CCC2CC3)CN1c1ccc2c(c1)CCO2. The molecule has 1 amide bonds. The summed E-state index contributed by atoms with van der Waals surface area (Å²) in [4.78, 5) is 16.7. The molecule has 116 valence electrons. The zero-order chi connectivity index (χ0) is 14.7. The third-order valence-electron chi connectivity index (χ3n) is 5.74. The molecule has 0 aliphatic carbocycles. The molecule has 1 aromatic rings. The van der Waals surface area contributed by atoms with Crippen molar-refractivity contribution in [3.05, 3.63) is 23.8 Å². The number of carbonyl (C=O) groups is 1. The number of fused-ring (bicyclic) bond motifs is 3. The van der Waals surface area contributed by atoms with Crippen molar-refractivity contribution >= 4 is 11.8 Å². The maximum Gasteiger partial charge on any atom is 0.415 e. The van der Waals surface area contributed by atoms with Crippen LogP contribution in [0.3, 0.4) is 0 Å². The highest BCUT2D eigenvalue weighted by atomic mass is 16.6. The van der Waals surface area contributed by atoms with Crippen molar-refractivity contribution in [1.29, 1.82) is 0 Å². The van der Waals surface area contributed by atoms with E-state index in [0.717, 1.165) is 56.9 Å². The highest BCUT2D eigenvalue weighted by molar-refractivity contribution is 5.90. The Morgan fingerprint density at radius 3 is 2.82 bits per heavy atom. The lowest BCUT2D eigenvalue weighted by atomic mass is 9.75. The van der Waals surface area contributed by atoms with E-state index in [0.29, 0.717) is 12.5 Å². The largest absolute Gasteiger partial charge is 0.493 e. The Kier molecular flexibility index (Phi) is 2.54. The second-order valence-electron chi connectivity index (χ2n) is 6.96. The highest BCUT2D eigenvalue weighted by Gasteiger charge is 2.55. The van der Waals surface area contributed by atoms with E-state index in [4.69, 9.17) is 9.47 Å². The van der Waals surface area contributed by atoms with Gasteiger partial charge in [-0.25, -0.2) is 4.79 Å². The zero-order valence-corrected chi connectivity index (χ0v) is 12.6. The van der Waals surface area contributed by atoms with Gasteiger partial charge >= 0.3 is 6.09 Å². The van der Waals surface area contributed by atoms with Crippen molar-refractivity contribution < 1.29 is 14.3 Å². The standard InChI is InChI=1S/C17H20N2O3/c20-16-19(14-1-2-15-12(9-14)5-8-21-15)11-17(22-16)10-18-6-3-13(17)4-7-18/h1-2,9,13H,3-8,10-11H2/t17-/m1/s1. The predicted molar refractivity (Wildman–Crippen MR) is 81.4 cm³/mol. The molecule has 6 rings (SSSR count). The summed E-state index contributed by atoms with van der Waals surface area (Å²) >= 11 is 0. The molecule has 0 aromatic heterocycles. The van der Waals surface area contributed by atoms with Gasteiger partial charge in [-0.3, -0.25) is 9.80 Å². The smallest absolute Gasteiger partial charge is 0.415 e. The van der Waals surface area contributed by atoms with Gasteiger partial charge in [-0.15, -0.1) is 0 Å². The summed E-state index contributed by atoms with van der Waals surface area (Å²) in [6, 6.07) is 6.04. The van der Waals surface area contributed by atoms with E-state index in [1.54, 1.807) is 0 Å². The number of carbonyl (C=O) groups excluding carboxylic acids is 1. The first-order chi connectivity index (χ1) is 10.7. The fraction of sp³-hybridized carbons (Fsp3) is 0.588. The predicted octanol–water partition coefficient (Wildman–Crippen LogP) is 2.04. The molecule has 5 heterocycles. The minimum Gasteiger partial charge on any atom is -0.493 e. The van der Waals surface area contributed by atoms with Crippen LogP contribution < -0.4 is 9.64 Å². The number of hydrogen-bond donors (Lipinski definition) is 0. The van der Waals surface area contributed by atoms with Gasteiger partial charge in [0.05, 0.1) is 13.2 Å². The molecule has 4 fully saturated rings. The average Bonchev–Trinajstić information content (AvgIpc) is 3.12. The molecular formula is C17H20N2O3. The third-order valence-corrected chi connectivity index (χ3v) is 5.74. The van der Waals surface area contributed by atoms with E-state index in [2.05, 4.69) is 11.0 Å². The van der Waals surface area contributed by atoms with Gasteiger partial charge in [0.2, 0.25) is 0 Å². The van der Waals surface area contributed by atoms with Crippen LogP contribution >= 0.6 is 0 Å². The van der Waals surface area contributed by atoms with Crippen molar-refractivity contribution in [2.75, 3.05) is 37.7 Å². The number of piperidine rings is 3. The first-order valence-corrected chi connectivity index (χ1v) is 8.22. The van der Waals surface area contributed by atoms with Gasteiger partial charge in [-0.2, -0.15) is 0 Å². The van der Waals surface area contributed by atoms with Crippen LogP contribution in [-0.2, 0) is 11.2 Å². The lowest BCUT2D eigenvalue weighted by Gasteiger charge is -2.49. The Morgan fingerprint density at radius 2 is 2.05 bits per heavy atom. The third kappa shape index (κ3) is 1.72. The van der Waals surface area contributed by atoms with Gasteiger partial charge in [0.25, 0.3) is 0 Å². The van der Waals surface area contributed by atoms with E-state index >= 15 is 0 Å². The van der Waals surface area contributed by atoms with Gasteiger partial charge in [-0.05, 0) is 49.7 Å². The molecule has 1 aromatic carbocycles. The van der Waals surface area contributed by atoms with Crippen LogP contribution in [0.25, 0.3) is 0 Å². The summed E-state index contributed by atoms with van der Waals surface area (Å²) in [7, 11) is 0. The van der Waals surface area contributed by atoms with Crippen LogP contribution in [0.2, 0.25) is 0 Å². The molecule has 5 nitrogen and oxygen atoms in total. The Hall–Kier alpha value is -1.75. The molecule has 5 aliphatic heterocycles. The molecule has 0 saturated carbocycles. The number of nitrogens with zero attached hydrogens (tertiary/aromatic N) is 2. The van der Waals surface area contributed by atoms with E-state index in [-0.39, 0.29) is 11.7 Å². The van der Waals surface area contributed by atoms with Crippen molar-refractivity contribution in [2.24, 2.45) is 5.92 Å². The number of hydrogen-bond acceptors (Lipinski definition) is 4. The molecular weight excluding hydrogens is 280 g/mol. The number of rotatable bonds is 1.